The van der Waals surface area contributed by atoms with Crippen molar-refractivity contribution >= 4 is 29.2 Å². The normalized spacial score (nSPS) is 9.73. The maximum Gasteiger partial charge on any atom is 2.00 e. The SMILES string of the molecule is CC(C)N(C(=S)S)C(C)C.[Cu+2]. The zero-order chi connectivity index (χ0) is 8.31. The van der Waals surface area contributed by atoms with E-state index in [-0.39, 0.29) is 17.1 Å². The van der Waals surface area contributed by atoms with Crippen molar-refractivity contribution in [3.05, 3.63) is 0 Å². The smallest absolute Gasteiger partial charge is 0.353 e. The van der Waals surface area contributed by atoms with Gasteiger partial charge in [0, 0.05) is 12.1 Å². The minimum Gasteiger partial charge on any atom is -0.353 e. The summed E-state index contributed by atoms with van der Waals surface area (Å²) < 4.78 is 0.685. The predicted molar refractivity (Wildman–Crippen MR) is 53.7 cm³/mol. The molecule has 0 saturated carbocycles. The molecule has 0 aliphatic carbocycles. The van der Waals surface area contributed by atoms with Crippen molar-refractivity contribution in [3.8, 4) is 0 Å². The van der Waals surface area contributed by atoms with E-state index < -0.39 is 0 Å². The van der Waals surface area contributed by atoms with Crippen molar-refractivity contribution in [2.45, 2.75) is 39.8 Å². The van der Waals surface area contributed by atoms with E-state index in [1.807, 2.05) is 0 Å². The molecule has 0 unspecified atom stereocenters. The van der Waals surface area contributed by atoms with Crippen LogP contribution in [0.1, 0.15) is 27.7 Å². The second-order valence-electron chi connectivity index (χ2n) is 2.88. The van der Waals surface area contributed by atoms with Crippen LogP contribution in [-0.4, -0.2) is 21.3 Å². The maximum absolute atomic E-state index is 4.96. The van der Waals surface area contributed by atoms with Crippen LogP contribution in [0.3, 0.4) is 0 Å². The van der Waals surface area contributed by atoms with Gasteiger partial charge in [0.25, 0.3) is 0 Å². The average Bonchev–Trinajstić information content (AvgIpc) is 1.59. The molecule has 0 amide bonds. The molecule has 0 fully saturated rings. The molecule has 0 aromatic heterocycles. The summed E-state index contributed by atoms with van der Waals surface area (Å²) in [4.78, 5) is 2.10. The van der Waals surface area contributed by atoms with Crippen molar-refractivity contribution in [1.29, 1.82) is 0 Å². The van der Waals surface area contributed by atoms with Gasteiger partial charge in [0.05, 0.1) is 0 Å². The Kier molecular flexibility index (Phi) is 8.18. The summed E-state index contributed by atoms with van der Waals surface area (Å²) in [6.45, 7) is 8.45. The van der Waals surface area contributed by atoms with Crippen LogP contribution in [0.4, 0.5) is 0 Å². The van der Waals surface area contributed by atoms with Crippen LogP contribution in [0.2, 0.25) is 0 Å². The van der Waals surface area contributed by atoms with E-state index in [1.165, 1.54) is 0 Å². The van der Waals surface area contributed by atoms with Crippen molar-refractivity contribution < 1.29 is 17.1 Å². The van der Waals surface area contributed by atoms with Gasteiger partial charge in [0.2, 0.25) is 0 Å². The van der Waals surface area contributed by atoms with Crippen LogP contribution in [-0.2, 0) is 17.1 Å². The first-order valence-electron chi connectivity index (χ1n) is 3.48. The van der Waals surface area contributed by atoms with Gasteiger partial charge in [-0.1, -0.05) is 12.2 Å². The Balaban J connectivity index is 0. The number of rotatable bonds is 2. The van der Waals surface area contributed by atoms with Gasteiger partial charge in [-0.05, 0) is 27.7 Å². The molecule has 0 atom stereocenters. The average molecular weight is 241 g/mol. The Labute approximate surface area is 90.8 Å². The molecule has 0 rings (SSSR count). The fourth-order valence-corrected chi connectivity index (χ4v) is 1.92. The molecule has 0 bridgehead atoms. The van der Waals surface area contributed by atoms with Crippen LogP contribution in [0.15, 0.2) is 0 Å². The van der Waals surface area contributed by atoms with Gasteiger partial charge in [-0.25, -0.2) is 0 Å². The predicted octanol–water partition coefficient (Wildman–Crippen LogP) is 2.32. The summed E-state index contributed by atoms with van der Waals surface area (Å²) in [5.74, 6) is 0. The first-order valence-corrected chi connectivity index (χ1v) is 4.33. The van der Waals surface area contributed by atoms with Gasteiger partial charge in [-0.15, -0.1) is 12.6 Å². The molecule has 0 heterocycles. The molecular formula is C7H15CuNS2+2. The van der Waals surface area contributed by atoms with Crippen LogP contribution in [0.5, 0.6) is 0 Å². The third-order valence-corrected chi connectivity index (χ3v) is 1.78. The topological polar surface area (TPSA) is 3.24 Å². The monoisotopic (exact) mass is 240 g/mol. The minimum absolute atomic E-state index is 0. The molecule has 1 nitrogen and oxygen atoms in total. The van der Waals surface area contributed by atoms with Crippen LogP contribution in [0, 0.1) is 0 Å². The summed E-state index contributed by atoms with van der Waals surface area (Å²) in [5.41, 5.74) is 0. The molecule has 1 radical (unpaired) electrons. The molecule has 69 valence electrons. The molecule has 0 spiro atoms. The van der Waals surface area contributed by atoms with E-state index in [1.54, 1.807) is 0 Å². The van der Waals surface area contributed by atoms with E-state index in [9.17, 15) is 0 Å². The van der Waals surface area contributed by atoms with Crippen LogP contribution in [0.25, 0.3) is 0 Å². The van der Waals surface area contributed by atoms with Crippen molar-refractivity contribution in [2.75, 3.05) is 0 Å². The van der Waals surface area contributed by atoms with E-state index in [4.69, 9.17) is 12.2 Å². The first-order chi connectivity index (χ1) is 4.46. The second-order valence-corrected chi connectivity index (χ2v) is 3.99. The maximum atomic E-state index is 4.96. The summed E-state index contributed by atoms with van der Waals surface area (Å²) in [6, 6.07) is 0.898. The molecule has 0 aromatic rings. The van der Waals surface area contributed by atoms with Crippen LogP contribution >= 0.6 is 24.8 Å². The first kappa shape index (κ1) is 14.3. The Morgan fingerprint density at radius 2 is 1.45 bits per heavy atom. The molecule has 0 N–H and O–H groups in total. The number of hydrogen-bond acceptors (Lipinski definition) is 1. The minimum atomic E-state index is 0. The molecule has 0 aliphatic rings. The number of nitrogens with zero attached hydrogens (tertiary/aromatic N) is 1. The van der Waals surface area contributed by atoms with Gasteiger partial charge >= 0.3 is 17.1 Å². The Morgan fingerprint density at radius 1 is 1.18 bits per heavy atom. The zero-order valence-corrected chi connectivity index (χ0v) is 9.91. The fourth-order valence-electron chi connectivity index (χ4n) is 1.04. The van der Waals surface area contributed by atoms with Gasteiger partial charge in [0.1, 0.15) is 4.32 Å². The van der Waals surface area contributed by atoms with E-state index in [2.05, 4.69) is 45.2 Å². The van der Waals surface area contributed by atoms with Gasteiger partial charge in [-0.3, -0.25) is 0 Å². The van der Waals surface area contributed by atoms with E-state index in [0.29, 0.717) is 16.4 Å². The van der Waals surface area contributed by atoms with Gasteiger partial charge in [-0.2, -0.15) is 0 Å². The van der Waals surface area contributed by atoms with E-state index >= 15 is 0 Å². The van der Waals surface area contributed by atoms with Crippen molar-refractivity contribution in [1.82, 2.24) is 4.90 Å². The summed E-state index contributed by atoms with van der Waals surface area (Å²) in [6.07, 6.45) is 0. The molecular weight excluding hydrogens is 226 g/mol. The third kappa shape index (κ3) is 5.07. The van der Waals surface area contributed by atoms with Crippen LogP contribution < -0.4 is 0 Å². The summed E-state index contributed by atoms with van der Waals surface area (Å²) in [5, 5.41) is 0. The largest absolute Gasteiger partial charge is 2.00 e. The zero-order valence-electron chi connectivity index (χ0n) is 7.26. The Bertz CT molecular complexity index is 118. The summed E-state index contributed by atoms with van der Waals surface area (Å²) >= 11 is 9.09. The van der Waals surface area contributed by atoms with E-state index in [0.717, 1.165) is 0 Å². The number of thiocarbonyl (C=S) groups is 1. The third-order valence-electron chi connectivity index (χ3n) is 1.33. The quantitative estimate of drug-likeness (QED) is 0.449. The number of thiol groups is 1. The molecule has 0 aromatic carbocycles. The summed E-state index contributed by atoms with van der Waals surface area (Å²) in [7, 11) is 0. The molecule has 0 saturated heterocycles. The Hall–Kier alpha value is 0.759. The molecule has 11 heavy (non-hydrogen) atoms. The number of hydrogen-bond donors (Lipinski definition) is 1. The second kappa shape index (κ2) is 6.29. The van der Waals surface area contributed by atoms with Gasteiger partial charge in [0.15, 0.2) is 0 Å². The fraction of sp³-hybridized carbons (Fsp3) is 0.857. The standard InChI is InChI=1S/C7H15NS2.Cu/c1-5(2)8(6(3)4)7(9)10;/h5-6H,1-4H3,(H,9,10);/q;+2. The molecule has 4 heteroatoms. The van der Waals surface area contributed by atoms with Crippen molar-refractivity contribution in [2.24, 2.45) is 0 Å². The van der Waals surface area contributed by atoms with Gasteiger partial charge < -0.3 is 4.90 Å². The Morgan fingerprint density at radius 3 is 1.45 bits per heavy atom. The van der Waals surface area contributed by atoms with Crippen molar-refractivity contribution in [3.63, 3.8) is 0 Å². The molecule has 0 aliphatic heterocycles.